The average Bonchev–Trinajstić information content (AvgIpc) is 2.87. The Bertz CT molecular complexity index is 752. The highest BCUT2D eigenvalue weighted by atomic mass is 16.6. The van der Waals surface area contributed by atoms with Crippen LogP contribution in [0.1, 0.15) is 43.0 Å². The Kier molecular flexibility index (Phi) is 5.16. The highest BCUT2D eigenvalue weighted by Gasteiger charge is 2.28. The number of benzene rings is 1. The molecule has 6 nitrogen and oxygen atoms in total. The second-order valence-corrected chi connectivity index (χ2v) is 6.60. The van der Waals surface area contributed by atoms with Gasteiger partial charge in [-0.3, -0.25) is 14.9 Å². The number of carbonyl (C=O) groups excluding carboxylic acids is 1. The second-order valence-electron chi connectivity index (χ2n) is 6.60. The zero-order valence-electron chi connectivity index (χ0n) is 14.4. The number of likely N-dealkylation sites (tertiary alicyclic amines) is 1. The van der Waals surface area contributed by atoms with Crippen molar-refractivity contribution in [2.75, 3.05) is 6.54 Å². The molecule has 25 heavy (non-hydrogen) atoms. The zero-order chi connectivity index (χ0) is 17.8. The van der Waals surface area contributed by atoms with Gasteiger partial charge in [-0.15, -0.1) is 0 Å². The number of nitro groups is 1. The summed E-state index contributed by atoms with van der Waals surface area (Å²) in [5.74, 6) is 0.0851. The van der Waals surface area contributed by atoms with Gasteiger partial charge in [0.05, 0.1) is 17.4 Å². The molecule has 1 fully saturated rings. The Hall–Kier alpha value is -2.63. The third-order valence-electron chi connectivity index (χ3n) is 4.90. The van der Waals surface area contributed by atoms with Crippen LogP contribution in [0.3, 0.4) is 0 Å². The molecule has 2 heterocycles. The fraction of sp³-hybridized carbons (Fsp3) is 0.421. The van der Waals surface area contributed by atoms with Gasteiger partial charge in [0.15, 0.2) is 0 Å². The molecule has 2 aromatic rings. The molecule has 1 atom stereocenters. The monoisotopic (exact) mass is 341 g/mol. The lowest BCUT2D eigenvalue weighted by Crippen LogP contribution is -2.36. The molecule has 0 saturated carbocycles. The number of hydrogen-bond acceptors (Lipinski definition) is 3. The minimum Gasteiger partial charge on any atom is -0.353 e. The maximum absolute atomic E-state index is 12.9. The lowest BCUT2D eigenvalue weighted by molar-refractivity contribution is -0.384. The highest BCUT2D eigenvalue weighted by molar-refractivity contribution is 5.79. The first-order valence-electron chi connectivity index (χ1n) is 8.70. The van der Waals surface area contributed by atoms with Gasteiger partial charge in [-0.25, -0.2) is 0 Å². The van der Waals surface area contributed by atoms with Crippen LogP contribution in [0.15, 0.2) is 42.6 Å². The molecular weight excluding hydrogens is 318 g/mol. The van der Waals surface area contributed by atoms with E-state index in [1.54, 1.807) is 12.1 Å². The second kappa shape index (κ2) is 7.51. The molecule has 1 saturated heterocycles. The summed E-state index contributed by atoms with van der Waals surface area (Å²) in [6, 6.07) is 10.5. The number of rotatable bonds is 4. The van der Waals surface area contributed by atoms with E-state index in [0.717, 1.165) is 37.8 Å². The fourth-order valence-electron chi connectivity index (χ4n) is 3.55. The van der Waals surface area contributed by atoms with Crippen LogP contribution in [0.25, 0.3) is 0 Å². The van der Waals surface area contributed by atoms with Crippen molar-refractivity contribution in [2.45, 2.75) is 38.1 Å². The third-order valence-corrected chi connectivity index (χ3v) is 4.90. The number of non-ortho nitro benzene ring substituents is 1. The van der Waals surface area contributed by atoms with Gasteiger partial charge in [-0.2, -0.15) is 0 Å². The summed E-state index contributed by atoms with van der Waals surface area (Å²) in [6.45, 7) is 0.766. The summed E-state index contributed by atoms with van der Waals surface area (Å²) in [4.78, 5) is 25.3. The van der Waals surface area contributed by atoms with Gasteiger partial charge in [0.2, 0.25) is 5.91 Å². The largest absolute Gasteiger partial charge is 0.353 e. The molecule has 3 rings (SSSR count). The molecular formula is C19H23N3O3. The van der Waals surface area contributed by atoms with Gasteiger partial charge < -0.3 is 9.47 Å². The first-order valence-corrected chi connectivity index (χ1v) is 8.70. The maximum atomic E-state index is 12.9. The maximum Gasteiger partial charge on any atom is 0.269 e. The number of aromatic nitrogens is 1. The summed E-state index contributed by atoms with van der Waals surface area (Å²) >= 11 is 0. The quantitative estimate of drug-likeness (QED) is 0.630. The standard InChI is InChI=1S/C19H23N3O3/c1-20-12-5-7-17(20)18-6-3-2-4-13-21(18)19(23)14-15-8-10-16(11-9-15)22(24)25/h5,7-12,18H,2-4,6,13-14H2,1H3/t18-/m0/s1. The molecule has 0 radical (unpaired) electrons. The summed E-state index contributed by atoms with van der Waals surface area (Å²) in [6.07, 6.45) is 6.55. The van der Waals surface area contributed by atoms with Crippen molar-refractivity contribution in [3.8, 4) is 0 Å². The molecule has 1 aromatic carbocycles. The summed E-state index contributed by atoms with van der Waals surface area (Å²) in [7, 11) is 2.01. The molecule has 1 aromatic heterocycles. The predicted molar refractivity (Wildman–Crippen MR) is 95.1 cm³/mol. The Morgan fingerprint density at radius 1 is 1.20 bits per heavy atom. The van der Waals surface area contributed by atoms with Gasteiger partial charge >= 0.3 is 0 Å². The molecule has 132 valence electrons. The molecule has 1 aliphatic rings. The van der Waals surface area contributed by atoms with Crippen LogP contribution in [0.2, 0.25) is 0 Å². The van der Waals surface area contributed by atoms with E-state index in [1.807, 2.05) is 24.2 Å². The number of hydrogen-bond donors (Lipinski definition) is 0. The first kappa shape index (κ1) is 17.2. The SMILES string of the molecule is Cn1cccc1[C@@H]1CCCCCN1C(=O)Cc1ccc([N+](=O)[O-])cc1. The predicted octanol–water partition coefficient (Wildman–Crippen LogP) is 3.62. The average molecular weight is 341 g/mol. The van der Waals surface area contributed by atoms with Crippen LogP contribution < -0.4 is 0 Å². The van der Waals surface area contributed by atoms with Crippen molar-refractivity contribution in [3.63, 3.8) is 0 Å². The van der Waals surface area contributed by atoms with Gasteiger partial charge in [0.25, 0.3) is 5.69 Å². The number of carbonyl (C=O) groups is 1. The third kappa shape index (κ3) is 3.90. The van der Waals surface area contributed by atoms with Crippen LogP contribution in [-0.4, -0.2) is 26.8 Å². The molecule has 0 N–H and O–H groups in total. The molecule has 0 spiro atoms. The summed E-state index contributed by atoms with van der Waals surface area (Å²) < 4.78 is 2.09. The minimum atomic E-state index is -0.425. The normalized spacial score (nSPS) is 18.0. The fourth-order valence-corrected chi connectivity index (χ4v) is 3.55. The number of nitro benzene ring substituents is 1. The van der Waals surface area contributed by atoms with E-state index < -0.39 is 4.92 Å². The van der Waals surface area contributed by atoms with Crippen molar-refractivity contribution >= 4 is 11.6 Å². The van der Waals surface area contributed by atoms with Gasteiger partial charge in [0, 0.05) is 37.6 Å². The molecule has 0 unspecified atom stereocenters. The first-order chi connectivity index (χ1) is 12.1. The van der Waals surface area contributed by atoms with Crippen LogP contribution in [0, 0.1) is 10.1 Å². The van der Waals surface area contributed by atoms with Crippen LogP contribution in [0.5, 0.6) is 0 Å². The number of aryl methyl sites for hydroxylation is 1. The molecule has 6 heteroatoms. The van der Waals surface area contributed by atoms with Gasteiger partial charge in [-0.1, -0.05) is 25.0 Å². The van der Waals surface area contributed by atoms with E-state index in [1.165, 1.54) is 17.8 Å². The van der Waals surface area contributed by atoms with Crippen molar-refractivity contribution in [1.82, 2.24) is 9.47 Å². The number of nitrogens with zero attached hydrogens (tertiary/aromatic N) is 3. The lowest BCUT2D eigenvalue weighted by Gasteiger charge is -2.31. The molecule has 0 bridgehead atoms. The van der Waals surface area contributed by atoms with Crippen LogP contribution >= 0.6 is 0 Å². The Morgan fingerprint density at radius 2 is 1.96 bits per heavy atom. The Labute approximate surface area is 147 Å². The van der Waals surface area contributed by atoms with Gasteiger partial charge in [0.1, 0.15) is 0 Å². The van der Waals surface area contributed by atoms with E-state index >= 15 is 0 Å². The van der Waals surface area contributed by atoms with E-state index in [2.05, 4.69) is 10.6 Å². The van der Waals surface area contributed by atoms with E-state index in [-0.39, 0.29) is 24.1 Å². The van der Waals surface area contributed by atoms with E-state index in [4.69, 9.17) is 0 Å². The minimum absolute atomic E-state index is 0.0488. The Morgan fingerprint density at radius 3 is 2.60 bits per heavy atom. The van der Waals surface area contributed by atoms with Crippen LogP contribution in [0.4, 0.5) is 5.69 Å². The summed E-state index contributed by atoms with van der Waals surface area (Å²) in [5, 5.41) is 10.8. The zero-order valence-corrected chi connectivity index (χ0v) is 14.4. The molecule has 0 aliphatic carbocycles. The smallest absolute Gasteiger partial charge is 0.269 e. The highest BCUT2D eigenvalue weighted by Crippen LogP contribution is 2.30. The van der Waals surface area contributed by atoms with Crippen molar-refractivity contribution in [3.05, 3.63) is 64.0 Å². The number of amides is 1. The topological polar surface area (TPSA) is 68.4 Å². The lowest BCUT2D eigenvalue weighted by atomic mass is 10.0. The molecule has 1 aliphatic heterocycles. The van der Waals surface area contributed by atoms with Crippen molar-refractivity contribution in [1.29, 1.82) is 0 Å². The van der Waals surface area contributed by atoms with E-state index in [0.29, 0.717) is 0 Å². The van der Waals surface area contributed by atoms with Crippen molar-refractivity contribution in [2.24, 2.45) is 7.05 Å². The summed E-state index contributed by atoms with van der Waals surface area (Å²) in [5.41, 5.74) is 2.03. The molecule has 1 amide bonds. The van der Waals surface area contributed by atoms with Crippen LogP contribution in [-0.2, 0) is 18.3 Å². The van der Waals surface area contributed by atoms with E-state index in [9.17, 15) is 14.9 Å². The van der Waals surface area contributed by atoms with Gasteiger partial charge in [-0.05, 0) is 30.5 Å². The van der Waals surface area contributed by atoms with Crippen molar-refractivity contribution < 1.29 is 9.72 Å². The Balaban J connectivity index is 1.77.